The fourth-order valence-electron chi connectivity index (χ4n) is 2.93. The van der Waals surface area contributed by atoms with E-state index in [2.05, 4.69) is 15.2 Å². The number of hydrogen-bond donors (Lipinski definition) is 0. The molecular weight excluding hydrogens is 324 g/mol. The summed E-state index contributed by atoms with van der Waals surface area (Å²) in [7, 11) is 0. The lowest BCUT2D eigenvalue weighted by Gasteiger charge is -2.33. The molecule has 1 saturated heterocycles. The Kier molecular flexibility index (Phi) is 4.35. The third-order valence-corrected chi connectivity index (χ3v) is 4.54. The Hall–Kier alpha value is -2.48. The van der Waals surface area contributed by atoms with Gasteiger partial charge < -0.3 is 18.8 Å². The van der Waals surface area contributed by atoms with Crippen LogP contribution < -0.4 is 4.74 Å². The maximum absolute atomic E-state index is 13.0. The van der Waals surface area contributed by atoms with Gasteiger partial charge in [-0.25, -0.2) is 4.98 Å². The second-order valence-electron chi connectivity index (χ2n) is 6.30. The molecule has 2 aromatic heterocycles. The quantitative estimate of drug-likeness (QED) is 0.837. The van der Waals surface area contributed by atoms with Crippen LogP contribution >= 0.6 is 0 Å². The van der Waals surface area contributed by atoms with E-state index >= 15 is 0 Å². The molecule has 0 aromatic carbocycles. The van der Waals surface area contributed by atoms with Crippen LogP contribution in [0.25, 0.3) is 0 Å². The fraction of sp³-hybridized carbons (Fsp3) is 0.529. The Balaban J connectivity index is 1.54. The van der Waals surface area contributed by atoms with Crippen LogP contribution in [-0.2, 0) is 4.74 Å². The predicted molar refractivity (Wildman–Crippen MR) is 86.1 cm³/mol. The number of aryl methyl sites for hydroxylation is 1. The molecule has 132 valence electrons. The van der Waals surface area contributed by atoms with E-state index < -0.39 is 0 Å². The van der Waals surface area contributed by atoms with Crippen LogP contribution in [0.3, 0.4) is 0 Å². The summed E-state index contributed by atoms with van der Waals surface area (Å²) in [5.41, 5.74) is 0.535. The standard InChI is InChI=1S/C17H20N4O4/c1-11-19-20-16(24-11)14-10-23-8-7-21(14)17(22)12-5-6-18-15(9-12)25-13-3-2-4-13/h5-6,9,13-14H,2-4,7-8,10H2,1H3. The Morgan fingerprint density at radius 1 is 1.36 bits per heavy atom. The van der Waals surface area contributed by atoms with E-state index in [4.69, 9.17) is 13.9 Å². The van der Waals surface area contributed by atoms with Gasteiger partial charge in [0.1, 0.15) is 12.1 Å². The summed E-state index contributed by atoms with van der Waals surface area (Å²) in [6.45, 7) is 3.00. The molecule has 8 heteroatoms. The van der Waals surface area contributed by atoms with Crippen LogP contribution in [0, 0.1) is 6.92 Å². The van der Waals surface area contributed by atoms with Gasteiger partial charge in [0.15, 0.2) is 0 Å². The third-order valence-electron chi connectivity index (χ3n) is 4.54. The average Bonchev–Trinajstić information content (AvgIpc) is 3.04. The molecule has 2 aliphatic rings. The van der Waals surface area contributed by atoms with Gasteiger partial charge in [-0.1, -0.05) is 0 Å². The first-order valence-electron chi connectivity index (χ1n) is 8.52. The molecule has 2 aromatic rings. The molecule has 25 heavy (non-hydrogen) atoms. The number of amides is 1. The summed E-state index contributed by atoms with van der Waals surface area (Å²) in [5, 5.41) is 7.89. The normalized spacial score (nSPS) is 21.0. The number of rotatable bonds is 4. The van der Waals surface area contributed by atoms with Crippen molar-refractivity contribution >= 4 is 5.91 Å². The van der Waals surface area contributed by atoms with Crippen LogP contribution in [0.5, 0.6) is 5.88 Å². The molecule has 1 saturated carbocycles. The lowest BCUT2D eigenvalue weighted by Crippen LogP contribution is -2.43. The lowest BCUT2D eigenvalue weighted by atomic mass is 9.96. The van der Waals surface area contributed by atoms with Crippen molar-refractivity contribution in [1.82, 2.24) is 20.1 Å². The van der Waals surface area contributed by atoms with Gasteiger partial charge in [0.05, 0.1) is 13.2 Å². The number of carbonyl (C=O) groups excluding carboxylic acids is 1. The maximum atomic E-state index is 13.0. The highest BCUT2D eigenvalue weighted by molar-refractivity contribution is 5.94. The van der Waals surface area contributed by atoms with Crippen LogP contribution in [0.15, 0.2) is 22.7 Å². The minimum absolute atomic E-state index is 0.120. The summed E-state index contributed by atoms with van der Waals surface area (Å²) < 4.78 is 16.8. The fourth-order valence-corrected chi connectivity index (χ4v) is 2.93. The molecule has 1 aliphatic carbocycles. The first-order chi connectivity index (χ1) is 12.2. The van der Waals surface area contributed by atoms with Gasteiger partial charge in [0.2, 0.25) is 17.7 Å². The topological polar surface area (TPSA) is 90.6 Å². The van der Waals surface area contributed by atoms with E-state index in [0.717, 1.165) is 12.8 Å². The summed E-state index contributed by atoms with van der Waals surface area (Å²) >= 11 is 0. The van der Waals surface area contributed by atoms with E-state index in [1.165, 1.54) is 6.42 Å². The number of morpholine rings is 1. The summed E-state index contributed by atoms with van der Waals surface area (Å²) in [5.74, 6) is 1.23. The summed E-state index contributed by atoms with van der Waals surface area (Å²) in [6.07, 6.45) is 5.09. The molecule has 8 nitrogen and oxygen atoms in total. The molecular formula is C17H20N4O4. The van der Waals surface area contributed by atoms with E-state index in [1.807, 2.05) is 0 Å². The van der Waals surface area contributed by atoms with E-state index in [9.17, 15) is 4.79 Å². The molecule has 1 amide bonds. The van der Waals surface area contributed by atoms with Crippen molar-refractivity contribution in [2.24, 2.45) is 0 Å². The highest BCUT2D eigenvalue weighted by atomic mass is 16.5. The van der Waals surface area contributed by atoms with Crippen LogP contribution in [0.2, 0.25) is 0 Å². The summed E-state index contributed by atoms with van der Waals surface area (Å²) in [6, 6.07) is 3.01. The average molecular weight is 344 g/mol. The van der Waals surface area contributed by atoms with Gasteiger partial charge in [0, 0.05) is 31.3 Å². The first kappa shape index (κ1) is 16.0. The zero-order chi connectivity index (χ0) is 17.2. The smallest absolute Gasteiger partial charge is 0.254 e. The summed E-state index contributed by atoms with van der Waals surface area (Å²) in [4.78, 5) is 18.9. The van der Waals surface area contributed by atoms with Gasteiger partial charge in [0.25, 0.3) is 5.91 Å². The Bertz CT molecular complexity index is 759. The Morgan fingerprint density at radius 2 is 2.24 bits per heavy atom. The molecule has 3 heterocycles. The number of carbonyl (C=O) groups is 1. The highest BCUT2D eigenvalue weighted by Crippen LogP contribution is 2.27. The molecule has 2 fully saturated rings. The molecule has 0 radical (unpaired) electrons. The molecule has 1 atom stereocenters. The Labute approximate surface area is 145 Å². The van der Waals surface area contributed by atoms with Crippen molar-refractivity contribution in [1.29, 1.82) is 0 Å². The predicted octanol–water partition coefficient (Wildman–Crippen LogP) is 1.92. The highest BCUT2D eigenvalue weighted by Gasteiger charge is 2.33. The molecule has 0 N–H and O–H groups in total. The van der Waals surface area contributed by atoms with E-state index in [-0.39, 0.29) is 18.1 Å². The van der Waals surface area contributed by atoms with Crippen molar-refractivity contribution in [3.8, 4) is 5.88 Å². The number of hydrogen-bond acceptors (Lipinski definition) is 7. The van der Waals surface area contributed by atoms with Crippen LogP contribution in [0.4, 0.5) is 0 Å². The van der Waals surface area contributed by atoms with Crippen LogP contribution in [-0.4, -0.2) is 51.9 Å². The van der Waals surface area contributed by atoms with Gasteiger partial charge in [-0.3, -0.25) is 4.79 Å². The van der Waals surface area contributed by atoms with E-state index in [1.54, 1.807) is 30.2 Å². The molecule has 1 aliphatic heterocycles. The molecule has 0 spiro atoms. The zero-order valence-electron chi connectivity index (χ0n) is 14.1. The second-order valence-corrected chi connectivity index (χ2v) is 6.30. The first-order valence-corrected chi connectivity index (χ1v) is 8.52. The van der Waals surface area contributed by atoms with Crippen molar-refractivity contribution in [2.45, 2.75) is 38.3 Å². The minimum atomic E-state index is -0.383. The van der Waals surface area contributed by atoms with Gasteiger partial charge >= 0.3 is 0 Å². The largest absolute Gasteiger partial charge is 0.474 e. The number of nitrogens with zero attached hydrogens (tertiary/aromatic N) is 4. The van der Waals surface area contributed by atoms with Gasteiger partial charge in [-0.15, -0.1) is 10.2 Å². The lowest BCUT2D eigenvalue weighted by molar-refractivity contribution is -0.0106. The second kappa shape index (κ2) is 6.79. The molecule has 0 bridgehead atoms. The number of pyridine rings is 1. The molecule has 1 unspecified atom stereocenters. The molecule has 4 rings (SSSR count). The van der Waals surface area contributed by atoms with Crippen molar-refractivity contribution in [2.75, 3.05) is 19.8 Å². The van der Waals surface area contributed by atoms with Crippen molar-refractivity contribution < 1.29 is 18.7 Å². The van der Waals surface area contributed by atoms with Crippen molar-refractivity contribution in [3.05, 3.63) is 35.7 Å². The van der Waals surface area contributed by atoms with E-state index in [0.29, 0.717) is 43.0 Å². The van der Waals surface area contributed by atoms with Gasteiger partial charge in [-0.05, 0) is 25.3 Å². The van der Waals surface area contributed by atoms with Crippen LogP contribution in [0.1, 0.15) is 47.4 Å². The minimum Gasteiger partial charge on any atom is -0.474 e. The SMILES string of the molecule is Cc1nnc(C2COCCN2C(=O)c2ccnc(OC3CCC3)c2)o1. The third kappa shape index (κ3) is 3.34. The monoisotopic (exact) mass is 344 g/mol. The zero-order valence-corrected chi connectivity index (χ0v) is 14.1. The number of aromatic nitrogens is 3. The number of ether oxygens (including phenoxy) is 2. The van der Waals surface area contributed by atoms with Crippen molar-refractivity contribution in [3.63, 3.8) is 0 Å². The maximum Gasteiger partial charge on any atom is 0.254 e. The van der Waals surface area contributed by atoms with Gasteiger partial charge in [-0.2, -0.15) is 0 Å². The Morgan fingerprint density at radius 3 is 2.96 bits per heavy atom.